The highest BCUT2D eigenvalue weighted by Crippen LogP contribution is 2.23. The molecule has 6 heteroatoms. The van der Waals surface area contributed by atoms with Crippen molar-refractivity contribution in [3.05, 3.63) is 71.4 Å². The van der Waals surface area contributed by atoms with E-state index in [1.54, 1.807) is 11.3 Å². The van der Waals surface area contributed by atoms with Gasteiger partial charge < -0.3 is 10.6 Å². The third kappa shape index (κ3) is 3.32. The number of aryl methyl sites for hydroxylation is 2. The van der Waals surface area contributed by atoms with Gasteiger partial charge in [0.05, 0.1) is 5.69 Å². The molecule has 0 aliphatic rings. The van der Waals surface area contributed by atoms with Gasteiger partial charge in [-0.1, -0.05) is 29.8 Å². The standard InChI is InChI=1S/C20H18N4OS/c1-13-3-8-17(14(2)11-13)22-19(25)21-16-6-4-15(5-7-16)18-12-24-9-10-26-20(24)23-18/h3-12H,1-2H3,(H2,21,22,25). The molecule has 0 radical (unpaired) electrons. The Hall–Kier alpha value is -3.12. The minimum absolute atomic E-state index is 0.257. The number of hydrogen-bond acceptors (Lipinski definition) is 3. The molecule has 0 saturated carbocycles. The van der Waals surface area contributed by atoms with Crippen LogP contribution in [-0.2, 0) is 0 Å². The van der Waals surface area contributed by atoms with Gasteiger partial charge in [-0.05, 0) is 37.6 Å². The summed E-state index contributed by atoms with van der Waals surface area (Å²) < 4.78 is 2.00. The Kier molecular flexibility index (Phi) is 4.18. The van der Waals surface area contributed by atoms with Crippen LogP contribution in [0.15, 0.2) is 60.2 Å². The monoisotopic (exact) mass is 362 g/mol. The van der Waals surface area contributed by atoms with Gasteiger partial charge in [0, 0.05) is 34.7 Å². The maximum absolute atomic E-state index is 12.2. The van der Waals surface area contributed by atoms with Crippen molar-refractivity contribution in [3.63, 3.8) is 0 Å². The lowest BCUT2D eigenvalue weighted by molar-refractivity contribution is 0.262. The summed E-state index contributed by atoms with van der Waals surface area (Å²) in [6, 6.07) is 13.4. The van der Waals surface area contributed by atoms with E-state index in [9.17, 15) is 4.79 Å². The van der Waals surface area contributed by atoms with Crippen LogP contribution < -0.4 is 10.6 Å². The van der Waals surface area contributed by atoms with Crippen LogP contribution in [0.5, 0.6) is 0 Å². The number of anilines is 2. The second-order valence-corrected chi connectivity index (χ2v) is 7.07. The summed E-state index contributed by atoms with van der Waals surface area (Å²) in [6.45, 7) is 4.01. The zero-order valence-electron chi connectivity index (χ0n) is 14.5. The van der Waals surface area contributed by atoms with Crippen LogP contribution in [-0.4, -0.2) is 15.4 Å². The molecule has 26 heavy (non-hydrogen) atoms. The van der Waals surface area contributed by atoms with Gasteiger partial charge in [-0.15, -0.1) is 11.3 Å². The normalized spacial score (nSPS) is 10.8. The summed E-state index contributed by atoms with van der Waals surface area (Å²) in [7, 11) is 0. The van der Waals surface area contributed by atoms with Crippen LogP contribution in [0, 0.1) is 13.8 Å². The number of hydrogen-bond donors (Lipinski definition) is 2. The number of carbonyl (C=O) groups excluding carboxylic acids is 1. The summed E-state index contributed by atoms with van der Waals surface area (Å²) in [5, 5.41) is 7.75. The number of rotatable bonds is 3. The van der Waals surface area contributed by atoms with Crippen molar-refractivity contribution in [1.29, 1.82) is 0 Å². The van der Waals surface area contributed by atoms with Crippen LogP contribution in [0.4, 0.5) is 16.2 Å². The lowest BCUT2D eigenvalue weighted by atomic mass is 10.1. The van der Waals surface area contributed by atoms with Crippen molar-refractivity contribution in [3.8, 4) is 11.3 Å². The Morgan fingerprint density at radius 1 is 1.08 bits per heavy atom. The second kappa shape index (κ2) is 6.65. The van der Waals surface area contributed by atoms with Crippen LogP contribution in [0.1, 0.15) is 11.1 Å². The van der Waals surface area contributed by atoms with E-state index < -0.39 is 0 Å². The maximum atomic E-state index is 12.2. The van der Waals surface area contributed by atoms with Crippen LogP contribution >= 0.6 is 11.3 Å². The zero-order chi connectivity index (χ0) is 18.1. The molecular formula is C20H18N4OS. The summed E-state index contributed by atoms with van der Waals surface area (Å²) in [5.74, 6) is 0. The fourth-order valence-electron chi connectivity index (χ4n) is 2.83. The first-order valence-corrected chi connectivity index (χ1v) is 9.14. The summed E-state index contributed by atoms with van der Waals surface area (Å²) in [4.78, 5) is 17.8. The van der Waals surface area contributed by atoms with Gasteiger partial charge in [-0.2, -0.15) is 0 Å². The van der Waals surface area contributed by atoms with Gasteiger partial charge in [-0.25, -0.2) is 9.78 Å². The van der Waals surface area contributed by atoms with E-state index in [0.717, 1.165) is 33.2 Å². The molecule has 2 heterocycles. The van der Waals surface area contributed by atoms with Crippen molar-refractivity contribution >= 4 is 33.7 Å². The van der Waals surface area contributed by atoms with Crippen molar-refractivity contribution in [1.82, 2.24) is 9.38 Å². The number of imidazole rings is 1. The molecule has 4 rings (SSSR count). The Balaban J connectivity index is 1.45. The molecular weight excluding hydrogens is 344 g/mol. The lowest BCUT2D eigenvalue weighted by Gasteiger charge is -2.10. The first-order valence-electron chi connectivity index (χ1n) is 8.26. The van der Waals surface area contributed by atoms with Crippen LogP contribution in [0.25, 0.3) is 16.2 Å². The van der Waals surface area contributed by atoms with Crippen molar-refractivity contribution in [2.24, 2.45) is 0 Å². The molecule has 2 aromatic carbocycles. The van der Waals surface area contributed by atoms with E-state index in [1.165, 1.54) is 5.56 Å². The van der Waals surface area contributed by atoms with Gasteiger partial charge in [0.15, 0.2) is 4.96 Å². The summed E-state index contributed by atoms with van der Waals surface area (Å²) >= 11 is 1.60. The third-order valence-corrected chi connectivity index (χ3v) is 4.93. The van der Waals surface area contributed by atoms with Crippen molar-refractivity contribution < 1.29 is 4.79 Å². The average molecular weight is 362 g/mol. The van der Waals surface area contributed by atoms with Crippen molar-refractivity contribution in [2.45, 2.75) is 13.8 Å². The van der Waals surface area contributed by atoms with E-state index in [0.29, 0.717) is 0 Å². The van der Waals surface area contributed by atoms with Crippen LogP contribution in [0.3, 0.4) is 0 Å². The van der Waals surface area contributed by atoms with Crippen LogP contribution in [0.2, 0.25) is 0 Å². The fraction of sp³-hybridized carbons (Fsp3) is 0.100. The quantitative estimate of drug-likeness (QED) is 0.518. The highest BCUT2D eigenvalue weighted by Gasteiger charge is 2.07. The van der Waals surface area contributed by atoms with E-state index >= 15 is 0 Å². The van der Waals surface area contributed by atoms with Gasteiger partial charge in [0.25, 0.3) is 0 Å². The Morgan fingerprint density at radius 3 is 2.62 bits per heavy atom. The largest absolute Gasteiger partial charge is 0.323 e. The number of thiazole rings is 1. The molecule has 2 amide bonds. The Bertz CT molecular complexity index is 1050. The number of urea groups is 1. The highest BCUT2D eigenvalue weighted by molar-refractivity contribution is 7.15. The molecule has 2 N–H and O–H groups in total. The van der Waals surface area contributed by atoms with E-state index in [2.05, 4.69) is 15.6 Å². The van der Waals surface area contributed by atoms with E-state index in [-0.39, 0.29) is 6.03 Å². The number of amides is 2. The van der Waals surface area contributed by atoms with Gasteiger partial charge in [0.2, 0.25) is 0 Å². The molecule has 0 saturated heterocycles. The first-order chi connectivity index (χ1) is 12.6. The topological polar surface area (TPSA) is 58.4 Å². The average Bonchev–Trinajstić information content (AvgIpc) is 3.20. The second-order valence-electron chi connectivity index (χ2n) is 6.19. The molecule has 130 valence electrons. The molecule has 0 fully saturated rings. The Morgan fingerprint density at radius 2 is 1.88 bits per heavy atom. The molecule has 0 aliphatic carbocycles. The summed E-state index contributed by atoms with van der Waals surface area (Å²) in [5.41, 5.74) is 5.68. The molecule has 2 aromatic heterocycles. The number of nitrogens with one attached hydrogen (secondary N) is 2. The fourth-order valence-corrected chi connectivity index (χ4v) is 3.53. The predicted molar refractivity (Wildman–Crippen MR) is 107 cm³/mol. The molecule has 4 aromatic rings. The van der Waals surface area contributed by atoms with Gasteiger partial charge in [0.1, 0.15) is 0 Å². The molecule has 0 unspecified atom stereocenters. The lowest BCUT2D eigenvalue weighted by Crippen LogP contribution is -2.19. The number of nitrogens with zero attached hydrogens (tertiary/aromatic N) is 2. The Labute approximate surface area is 155 Å². The smallest absolute Gasteiger partial charge is 0.308 e. The summed E-state index contributed by atoms with van der Waals surface area (Å²) in [6.07, 6.45) is 3.99. The van der Waals surface area contributed by atoms with E-state index in [4.69, 9.17) is 0 Å². The molecule has 5 nitrogen and oxygen atoms in total. The minimum Gasteiger partial charge on any atom is -0.308 e. The van der Waals surface area contributed by atoms with Gasteiger partial charge in [-0.3, -0.25) is 4.40 Å². The molecule has 0 spiro atoms. The van der Waals surface area contributed by atoms with Crippen molar-refractivity contribution in [2.75, 3.05) is 10.6 Å². The molecule has 0 atom stereocenters. The van der Waals surface area contributed by atoms with Gasteiger partial charge >= 0.3 is 6.03 Å². The third-order valence-electron chi connectivity index (χ3n) is 4.16. The number of benzene rings is 2. The number of aromatic nitrogens is 2. The molecule has 0 aliphatic heterocycles. The predicted octanol–water partition coefficient (Wildman–Crippen LogP) is 5.32. The SMILES string of the molecule is Cc1ccc(NC(=O)Nc2ccc(-c3cn4ccsc4n3)cc2)c(C)c1. The van der Waals surface area contributed by atoms with E-state index in [1.807, 2.05) is 78.5 Å². The maximum Gasteiger partial charge on any atom is 0.323 e. The first kappa shape index (κ1) is 16.4. The number of fused-ring (bicyclic) bond motifs is 1. The number of carbonyl (C=O) groups is 1. The highest BCUT2D eigenvalue weighted by atomic mass is 32.1. The minimum atomic E-state index is -0.257. The molecule has 0 bridgehead atoms. The zero-order valence-corrected chi connectivity index (χ0v) is 15.3.